The molecule has 2 atom stereocenters. The number of carbonyl (C=O) groups is 4. The van der Waals surface area contributed by atoms with Gasteiger partial charge in [0.1, 0.15) is 17.7 Å². The van der Waals surface area contributed by atoms with Crippen LogP contribution in [0.3, 0.4) is 0 Å². The second-order valence-electron chi connectivity index (χ2n) is 12.7. The van der Waals surface area contributed by atoms with Crippen molar-refractivity contribution in [1.29, 1.82) is 0 Å². The van der Waals surface area contributed by atoms with Crippen molar-refractivity contribution >= 4 is 24.0 Å². The lowest BCUT2D eigenvalue weighted by Gasteiger charge is -2.23. The predicted octanol–water partition coefficient (Wildman–Crippen LogP) is 6.13. The van der Waals surface area contributed by atoms with Gasteiger partial charge in [-0.15, -0.1) is 0 Å². The molecule has 0 radical (unpaired) electrons. The zero-order valence-corrected chi connectivity index (χ0v) is 27.8. The second kappa shape index (κ2) is 21.6. The van der Waals surface area contributed by atoms with Crippen LogP contribution in [0.15, 0.2) is 60.7 Å². The fraction of sp³-hybridized carbons (Fsp3) is 0.556. The van der Waals surface area contributed by atoms with Gasteiger partial charge in [-0.1, -0.05) is 112 Å². The molecular formula is C36H54N4O6. The van der Waals surface area contributed by atoms with Crippen molar-refractivity contribution in [3.8, 4) is 0 Å². The van der Waals surface area contributed by atoms with Gasteiger partial charge in [0.25, 0.3) is 0 Å². The minimum atomic E-state index is -1.21. The van der Waals surface area contributed by atoms with Crippen LogP contribution in [-0.4, -0.2) is 59.9 Å². The highest BCUT2D eigenvalue weighted by molar-refractivity contribution is 5.86. The molecule has 4 amide bonds. The maximum Gasteiger partial charge on any atom is 0.408 e. The van der Waals surface area contributed by atoms with Crippen LogP contribution in [0.5, 0.6) is 0 Å². The molecule has 2 aromatic carbocycles. The lowest BCUT2D eigenvalue weighted by atomic mass is 10.0. The molecule has 0 heterocycles. The SMILES string of the molecule is CC(C)(C)OC(=O)N[C@@H](Cc1ccccc1)C(=O)NCCCCCCCCCCCCNC(=O)[C@H](Cc1ccccc1)NC(=O)O. The normalized spacial score (nSPS) is 12.4. The Balaban J connectivity index is 1.52. The van der Waals surface area contributed by atoms with E-state index in [9.17, 15) is 19.2 Å². The van der Waals surface area contributed by atoms with Crippen molar-refractivity contribution in [2.75, 3.05) is 13.1 Å². The Bertz CT molecular complexity index is 1170. The molecule has 10 heteroatoms. The highest BCUT2D eigenvalue weighted by Crippen LogP contribution is 2.12. The molecule has 254 valence electrons. The van der Waals surface area contributed by atoms with E-state index in [2.05, 4.69) is 21.3 Å². The number of ether oxygens (including phenoxy) is 1. The van der Waals surface area contributed by atoms with Crippen molar-refractivity contribution in [2.24, 2.45) is 0 Å². The highest BCUT2D eigenvalue weighted by atomic mass is 16.6. The topological polar surface area (TPSA) is 146 Å². The average Bonchev–Trinajstić information content (AvgIpc) is 3.00. The summed E-state index contributed by atoms with van der Waals surface area (Å²) in [5.74, 6) is -0.506. The van der Waals surface area contributed by atoms with E-state index in [1.54, 1.807) is 20.8 Å². The summed E-state index contributed by atoms with van der Waals surface area (Å²) in [6.45, 7) is 6.47. The summed E-state index contributed by atoms with van der Waals surface area (Å²) in [5, 5.41) is 20.0. The predicted molar refractivity (Wildman–Crippen MR) is 181 cm³/mol. The Hall–Kier alpha value is -4.08. The minimum absolute atomic E-state index is 0.210. The Kier molecular flexibility index (Phi) is 17.9. The third kappa shape index (κ3) is 18.0. The van der Waals surface area contributed by atoms with Crippen LogP contribution in [0, 0.1) is 0 Å². The molecule has 10 nitrogen and oxygen atoms in total. The molecule has 0 spiro atoms. The summed E-state index contributed by atoms with van der Waals surface area (Å²) in [6.07, 6.45) is 9.54. The zero-order valence-electron chi connectivity index (χ0n) is 27.8. The van der Waals surface area contributed by atoms with E-state index in [-0.39, 0.29) is 11.8 Å². The number of rotatable bonds is 21. The maximum atomic E-state index is 12.9. The third-order valence-electron chi connectivity index (χ3n) is 7.39. The highest BCUT2D eigenvalue weighted by Gasteiger charge is 2.24. The number of benzene rings is 2. The van der Waals surface area contributed by atoms with Gasteiger partial charge in [-0.2, -0.15) is 0 Å². The second-order valence-corrected chi connectivity index (χ2v) is 12.7. The van der Waals surface area contributed by atoms with Crippen LogP contribution < -0.4 is 21.3 Å². The number of hydrogen-bond acceptors (Lipinski definition) is 5. The maximum absolute atomic E-state index is 12.9. The largest absolute Gasteiger partial charge is 0.465 e. The number of nitrogens with one attached hydrogen (secondary N) is 4. The molecule has 0 aliphatic heterocycles. The molecule has 5 N–H and O–H groups in total. The van der Waals surface area contributed by atoms with Gasteiger partial charge in [0.15, 0.2) is 0 Å². The molecule has 2 rings (SSSR count). The van der Waals surface area contributed by atoms with Crippen LogP contribution in [0.2, 0.25) is 0 Å². The summed E-state index contributed by atoms with van der Waals surface area (Å²) in [4.78, 5) is 48.9. The quantitative estimate of drug-likeness (QED) is 0.104. The summed E-state index contributed by atoms with van der Waals surface area (Å²) in [7, 11) is 0. The van der Waals surface area contributed by atoms with E-state index in [0.717, 1.165) is 62.5 Å². The summed E-state index contributed by atoms with van der Waals surface area (Å²) in [6, 6.07) is 17.5. The monoisotopic (exact) mass is 638 g/mol. The minimum Gasteiger partial charge on any atom is -0.465 e. The standard InChI is InChI=1S/C36H54N4O6/c1-36(2,3)46-35(45)40-31(27-29-22-16-13-17-23-29)33(42)38-25-19-11-9-7-5-4-6-8-10-18-24-37-32(41)30(39-34(43)44)26-28-20-14-12-15-21-28/h12-17,20-23,30-31,39H,4-11,18-19,24-27H2,1-3H3,(H,37,41)(H,38,42)(H,40,45)(H,43,44)/t30-,31-/m0/s1. The van der Waals surface area contributed by atoms with Crippen LogP contribution in [-0.2, 0) is 27.2 Å². The summed E-state index contributed by atoms with van der Waals surface area (Å²) in [5.41, 5.74) is 1.22. The summed E-state index contributed by atoms with van der Waals surface area (Å²) < 4.78 is 5.36. The first-order chi connectivity index (χ1) is 22.0. The van der Waals surface area contributed by atoms with Crippen molar-refractivity contribution < 1.29 is 29.0 Å². The molecule has 0 bridgehead atoms. The molecule has 0 saturated carbocycles. The first-order valence-corrected chi connectivity index (χ1v) is 16.7. The van der Waals surface area contributed by atoms with Crippen molar-refractivity contribution in [2.45, 2.75) is 116 Å². The molecule has 0 unspecified atom stereocenters. The van der Waals surface area contributed by atoms with Gasteiger partial charge in [-0.3, -0.25) is 9.59 Å². The van der Waals surface area contributed by atoms with Gasteiger partial charge in [0.05, 0.1) is 0 Å². The van der Waals surface area contributed by atoms with Crippen LogP contribution in [0.4, 0.5) is 9.59 Å². The van der Waals surface area contributed by atoms with Crippen molar-refractivity contribution in [3.63, 3.8) is 0 Å². The van der Waals surface area contributed by atoms with Crippen molar-refractivity contribution in [1.82, 2.24) is 21.3 Å². The van der Waals surface area contributed by atoms with Gasteiger partial charge in [0.2, 0.25) is 11.8 Å². The molecule has 0 aliphatic carbocycles. The molecular weight excluding hydrogens is 584 g/mol. The number of hydrogen-bond donors (Lipinski definition) is 5. The average molecular weight is 639 g/mol. The molecule has 0 fully saturated rings. The fourth-order valence-corrected chi connectivity index (χ4v) is 5.05. The number of alkyl carbamates (subject to hydrolysis) is 1. The zero-order chi connectivity index (χ0) is 33.6. The van der Waals surface area contributed by atoms with E-state index in [0.29, 0.717) is 25.9 Å². The lowest BCUT2D eigenvalue weighted by molar-refractivity contribution is -0.123. The Morgan fingerprint density at radius 2 is 0.978 bits per heavy atom. The van der Waals surface area contributed by atoms with E-state index in [1.807, 2.05) is 60.7 Å². The number of unbranched alkanes of at least 4 members (excludes halogenated alkanes) is 9. The van der Waals surface area contributed by atoms with Crippen LogP contribution >= 0.6 is 0 Å². The van der Waals surface area contributed by atoms with E-state index in [4.69, 9.17) is 9.84 Å². The summed E-state index contributed by atoms with van der Waals surface area (Å²) >= 11 is 0. The van der Waals surface area contributed by atoms with E-state index < -0.39 is 29.9 Å². The smallest absolute Gasteiger partial charge is 0.408 e. The lowest BCUT2D eigenvalue weighted by Crippen LogP contribution is -2.49. The van der Waals surface area contributed by atoms with Gasteiger partial charge in [-0.25, -0.2) is 9.59 Å². The molecule has 0 aliphatic rings. The molecule has 46 heavy (non-hydrogen) atoms. The number of amides is 4. The fourth-order valence-electron chi connectivity index (χ4n) is 5.05. The molecule has 2 aromatic rings. The van der Waals surface area contributed by atoms with Crippen molar-refractivity contribution in [3.05, 3.63) is 71.8 Å². The van der Waals surface area contributed by atoms with E-state index in [1.165, 1.54) is 12.8 Å². The van der Waals surface area contributed by atoms with Gasteiger partial charge < -0.3 is 31.1 Å². The molecule has 0 saturated heterocycles. The first kappa shape index (κ1) is 38.1. The van der Waals surface area contributed by atoms with E-state index >= 15 is 0 Å². The Morgan fingerprint density at radius 3 is 1.35 bits per heavy atom. The Morgan fingerprint density at radius 1 is 0.609 bits per heavy atom. The van der Waals surface area contributed by atoms with Gasteiger partial charge in [-0.05, 0) is 44.7 Å². The Labute approximate surface area is 274 Å². The first-order valence-electron chi connectivity index (χ1n) is 16.7. The number of carbonyl (C=O) groups excluding carboxylic acids is 3. The van der Waals surface area contributed by atoms with Gasteiger partial charge in [0, 0.05) is 25.9 Å². The van der Waals surface area contributed by atoms with Crippen LogP contribution in [0.1, 0.15) is 96.1 Å². The third-order valence-corrected chi connectivity index (χ3v) is 7.39. The molecule has 0 aromatic heterocycles. The number of carboxylic acid groups (broad SMARTS) is 1. The van der Waals surface area contributed by atoms with Gasteiger partial charge >= 0.3 is 12.2 Å². The van der Waals surface area contributed by atoms with Crippen LogP contribution in [0.25, 0.3) is 0 Å².